The van der Waals surface area contributed by atoms with Crippen LogP contribution in [0.5, 0.6) is 0 Å². The molecule has 19 nitrogen and oxygen atoms in total. The van der Waals surface area contributed by atoms with Gasteiger partial charge in [0, 0.05) is 40.0 Å². The van der Waals surface area contributed by atoms with Crippen molar-refractivity contribution >= 4 is 47.2 Å². The first kappa shape index (κ1) is 62.7. The van der Waals surface area contributed by atoms with Gasteiger partial charge in [0.1, 0.15) is 18.1 Å². The number of benzene rings is 2. The minimum absolute atomic E-state index is 0.0521. The third-order valence-electron chi connectivity index (χ3n) is 14.6. The van der Waals surface area contributed by atoms with Gasteiger partial charge < -0.3 is 56.5 Å². The van der Waals surface area contributed by atoms with Crippen LogP contribution in [0.15, 0.2) is 54.6 Å². The number of methoxy groups -OCH3 is 2. The number of hydrogen-bond donors (Lipinski definition) is 7. The van der Waals surface area contributed by atoms with E-state index in [-0.39, 0.29) is 43.0 Å². The molecule has 1 fully saturated rings. The molecular formula is C55H88N8O11. The lowest BCUT2D eigenvalue weighted by molar-refractivity contribution is -0.148. The van der Waals surface area contributed by atoms with Gasteiger partial charge in [0.05, 0.1) is 54.8 Å². The summed E-state index contributed by atoms with van der Waals surface area (Å²) in [5, 5.41) is 32.6. The number of ether oxygens (including phenoxy) is 2. The van der Waals surface area contributed by atoms with Crippen molar-refractivity contribution in [2.24, 2.45) is 35.3 Å². The number of nitrogens with two attached hydrogens (primary N) is 1. The van der Waals surface area contributed by atoms with Crippen molar-refractivity contribution in [2.45, 2.75) is 169 Å². The van der Waals surface area contributed by atoms with Crippen LogP contribution in [0.1, 0.15) is 119 Å². The fraction of sp³-hybridized carbons (Fsp3) is 0.655. The Balaban J connectivity index is 1.75. The zero-order valence-corrected chi connectivity index (χ0v) is 46.3. The number of rotatable bonds is 28. The lowest BCUT2D eigenvalue weighted by Crippen LogP contribution is -2.60. The van der Waals surface area contributed by atoms with Crippen LogP contribution >= 0.6 is 0 Å². The average molecular weight is 1040 g/mol. The number of amides is 7. The van der Waals surface area contributed by atoms with Crippen molar-refractivity contribution < 1.29 is 53.2 Å². The van der Waals surface area contributed by atoms with Crippen LogP contribution in [0, 0.1) is 29.6 Å². The molecule has 74 heavy (non-hydrogen) atoms. The van der Waals surface area contributed by atoms with Gasteiger partial charge in [-0.2, -0.15) is 0 Å². The summed E-state index contributed by atoms with van der Waals surface area (Å²) in [5.74, 6) is -4.31. The molecule has 1 aliphatic heterocycles. The third-order valence-corrected chi connectivity index (χ3v) is 14.6. The summed E-state index contributed by atoms with van der Waals surface area (Å²) >= 11 is 0. The Morgan fingerprint density at radius 1 is 0.784 bits per heavy atom. The first-order valence-electron chi connectivity index (χ1n) is 26.2. The van der Waals surface area contributed by atoms with Gasteiger partial charge in [0.15, 0.2) is 0 Å². The molecule has 7 amide bonds. The van der Waals surface area contributed by atoms with E-state index in [1.165, 1.54) is 14.2 Å². The number of likely N-dealkylation sites (tertiary alicyclic amines) is 1. The second kappa shape index (κ2) is 29.5. The zero-order valence-electron chi connectivity index (χ0n) is 46.3. The van der Waals surface area contributed by atoms with Crippen LogP contribution in [0.2, 0.25) is 0 Å². The zero-order chi connectivity index (χ0) is 55.7. The van der Waals surface area contributed by atoms with Gasteiger partial charge in [0.25, 0.3) is 0 Å². The third kappa shape index (κ3) is 16.9. The van der Waals surface area contributed by atoms with Gasteiger partial charge in [-0.3, -0.25) is 33.7 Å². The number of hydrogen-bond acceptors (Lipinski definition) is 11. The molecule has 8 N–H and O–H groups in total. The number of nitrogens with one attached hydrogen (secondary N) is 4. The molecule has 0 radical (unpaired) electrons. The van der Waals surface area contributed by atoms with Crippen LogP contribution in [-0.4, -0.2) is 155 Å². The standard InChI is InChI=1S/C55H88N8O11/c1-15-34(8)47(42(73-13)30-43(64)62-28-19-22-41(62)49(74-14)35(9)50(66)57-36(10)48(65)39-20-17-16-18-21-39)61(12)54(70)45(32(4)5)60-53(69)46(33(6)7)63(55(71)72)29-27-38-23-25-40(26-24-38)59-51(67)37(11)58-52(68)44(56)31(2)3/h16-18,20-21,23-26,31-37,41-42,44-49,65H,15,19,22,27-30,56H2,1-14H3,(H,57,66)(H,58,68)(H,59,67)(H,60,69)(H,71,72)/t34-,35+,36+,37-,41-,42+,44-,45-,46-,47-,48+,49+/m0/s1. The maximum absolute atomic E-state index is 14.7. The Bertz CT molecular complexity index is 2140. The summed E-state index contributed by atoms with van der Waals surface area (Å²) in [6, 6.07) is 10.4. The monoisotopic (exact) mass is 1040 g/mol. The molecule has 2 aromatic carbocycles. The summed E-state index contributed by atoms with van der Waals surface area (Å²) in [6.07, 6.45) is -1.57. The Hall–Kier alpha value is -5.63. The van der Waals surface area contributed by atoms with Gasteiger partial charge in [-0.1, -0.05) is 111 Å². The van der Waals surface area contributed by atoms with E-state index in [1.807, 2.05) is 45.9 Å². The van der Waals surface area contributed by atoms with Gasteiger partial charge >= 0.3 is 6.09 Å². The highest BCUT2D eigenvalue weighted by atomic mass is 16.5. The van der Waals surface area contributed by atoms with E-state index in [4.69, 9.17) is 15.2 Å². The Labute approximate surface area is 439 Å². The van der Waals surface area contributed by atoms with Crippen LogP contribution < -0.4 is 27.0 Å². The highest BCUT2D eigenvalue weighted by Gasteiger charge is 2.44. The minimum atomic E-state index is -1.31. The SMILES string of the molecule is CC[C@H](C)[C@@H]([C@@H](CC(=O)N1CCC[C@H]1[C@H](OC)[C@@H](C)C(=O)N[C@H](C)[C@@H](O)c1ccccc1)OC)N(C)C(=O)[C@@H](NC(=O)[C@H](C(C)C)N(CCc1ccc(NC(=O)[C@H](C)NC(=O)[C@@H](N)C(C)C)cc1)C(=O)O)C(C)C. The number of carbonyl (C=O) groups excluding carboxylic acids is 6. The Kier molecular flexibility index (Phi) is 24.9. The first-order valence-corrected chi connectivity index (χ1v) is 26.2. The van der Waals surface area contributed by atoms with E-state index >= 15 is 0 Å². The summed E-state index contributed by atoms with van der Waals surface area (Å²) in [7, 11) is 4.65. The van der Waals surface area contributed by atoms with E-state index < -0.39 is 108 Å². The fourth-order valence-electron chi connectivity index (χ4n) is 9.74. The fourth-order valence-corrected chi connectivity index (χ4v) is 9.74. The molecule has 0 aliphatic carbocycles. The Morgan fingerprint density at radius 3 is 1.93 bits per heavy atom. The number of anilines is 1. The Morgan fingerprint density at radius 2 is 1.41 bits per heavy atom. The molecule has 12 atom stereocenters. The number of carbonyl (C=O) groups is 7. The van der Waals surface area contributed by atoms with Crippen LogP contribution in [0.25, 0.3) is 0 Å². The molecule has 2 aromatic rings. The van der Waals surface area contributed by atoms with E-state index in [0.717, 1.165) is 10.5 Å². The molecule has 1 saturated heterocycles. The summed E-state index contributed by atoms with van der Waals surface area (Å²) in [4.78, 5) is 99.5. The quantitative estimate of drug-likeness (QED) is 0.0597. The van der Waals surface area contributed by atoms with Gasteiger partial charge in [-0.05, 0) is 80.0 Å². The number of likely N-dealkylation sites (N-methyl/N-ethyl adjacent to an activating group) is 1. The predicted octanol–water partition coefficient (Wildman–Crippen LogP) is 4.96. The van der Waals surface area contributed by atoms with Crippen molar-refractivity contribution in [1.29, 1.82) is 0 Å². The average Bonchev–Trinajstić information content (AvgIpc) is 3.85. The molecule has 0 aromatic heterocycles. The molecule has 414 valence electrons. The van der Waals surface area contributed by atoms with Crippen molar-refractivity contribution in [1.82, 2.24) is 30.7 Å². The number of aliphatic hydroxyl groups excluding tert-OH is 1. The number of carboxylic acid groups (broad SMARTS) is 1. The topological polar surface area (TPSA) is 262 Å². The van der Waals surface area contributed by atoms with Gasteiger partial charge in [0.2, 0.25) is 35.4 Å². The van der Waals surface area contributed by atoms with Crippen molar-refractivity contribution in [2.75, 3.05) is 39.7 Å². The lowest BCUT2D eigenvalue weighted by Gasteiger charge is -2.41. The predicted molar refractivity (Wildman–Crippen MR) is 284 cm³/mol. The van der Waals surface area contributed by atoms with Gasteiger partial charge in [-0.15, -0.1) is 0 Å². The largest absolute Gasteiger partial charge is 0.465 e. The van der Waals surface area contributed by atoms with E-state index in [1.54, 1.807) is 102 Å². The molecule has 3 rings (SSSR count). The molecular weight excluding hydrogens is 949 g/mol. The smallest absolute Gasteiger partial charge is 0.407 e. The first-order chi connectivity index (χ1) is 34.8. The highest BCUT2D eigenvalue weighted by molar-refractivity contribution is 5.97. The van der Waals surface area contributed by atoms with E-state index in [2.05, 4.69) is 21.3 Å². The lowest BCUT2D eigenvalue weighted by atomic mass is 9.89. The normalized spacial score (nSPS) is 18.2. The van der Waals surface area contributed by atoms with Crippen molar-refractivity contribution in [3.63, 3.8) is 0 Å². The van der Waals surface area contributed by atoms with Crippen molar-refractivity contribution in [3.05, 3.63) is 65.7 Å². The summed E-state index contributed by atoms with van der Waals surface area (Å²) in [5.41, 5.74) is 7.79. The second-order valence-electron chi connectivity index (χ2n) is 21.1. The van der Waals surface area contributed by atoms with Crippen LogP contribution in [0.3, 0.4) is 0 Å². The molecule has 0 saturated carbocycles. The maximum atomic E-state index is 14.7. The van der Waals surface area contributed by atoms with Crippen LogP contribution in [-0.2, 0) is 44.7 Å². The van der Waals surface area contributed by atoms with Gasteiger partial charge in [-0.25, -0.2) is 4.79 Å². The molecule has 0 spiro atoms. The molecule has 0 bridgehead atoms. The number of nitrogens with zero attached hydrogens (tertiary/aromatic N) is 3. The van der Waals surface area contributed by atoms with Crippen LogP contribution in [0.4, 0.5) is 10.5 Å². The molecule has 0 unspecified atom stereocenters. The van der Waals surface area contributed by atoms with E-state index in [9.17, 15) is 43.8 Å². The van der Waals surface area contributed by atoms with E-state index in [0.29, 0.717) is 37.1 Å². The highest BCUT2D eigenvalue weighted by Crippen LogP contribution is 2.30. The molecule has 19 heteroatoms. The number of aliphatic hydroxyl groups is 1. The molecule has 1 aliphatic rings. The minimum Gasteiger partial charge on any atom is -0.465 e. The summed E-state index contributed by atoms with van der Waals surface area (Å²) < 4.78 is 12.0. The second-order valence-corrected chi connectivity index (χ2v) is 21.1. The van der Waals surface area contributed by atoms with Crippen molar-refractivity contribution in [3.8, 4) is 0 Å². The summed E-state index contributed by atoms with van der Waals surface area (Å²) in [6.45, 7) is 20.1. The maximum Gasteiger partial charge on any atom is 0.407 e. The molecule has 1 heterocycles.